The number of carbonyl (C=O) groups is 2. The quantitative estimate of drug-likeness (QED) is 0.249. The van der Waals surface area contributed by atoms with Crippen molar-refractivity contribution >= 4 is 52.2 Å². The van der Waals surface area contributed by atoms with E-state index < -0.39 is 91.6 Å². The van der Waals surface area contributed by atoms with Crippen molar-refractivity contribution in [2.24, 2.45) is 0 Å². The van der Waals surface area contributed by atoms with Crippen LogP contribution in [0, 0.1) is 0 Å². The molecule has 1 aromatic carbocycles. The zero-order chi connectivity index (χ0) is 34.0. The second-order valence-electron chi connectivity index (χ2n) is 10.9. The Morgan fingerprint density at radius 1 is 0.750 bits per heavy atom. The predicted molar refractivity (Wildman–Crippen MR) is 137 cm³/mol. The molecule has 0 N–H and O–H groups in total. The maximum atomic E-state index is 14.3. The lowest BCUT2D eigenvalue weighted by molar-refractivity contribution is -0.151. The minimum atomic E-state index is -5.72. The maximum Gasteiger partial charge on any atom is 0.451 e. The highest BCUT2D eigenvalue weighted by Gasteiger charge is 2.46. The molecule has 0 aliphatic heterocycles. The van der Waals surface area contributed by atoms with Crippen LogP contribution in [0.4, 0.5) is 54.9 Å². The lowest BCUT2D eigenvalue weighted by atomic mass is 10.2. The molecule has 2 heterocycles. The zero-order valence-electron chi connectivity index (χ0n) is 23.2. The first-order chi connectivity index (χ1) is 19.6. The van der Waals surface area contributed by atoms with Crippen LogP contribution in [0.1, 0.15) is 58.6 Å². The number of fused-ring (bicyclic) bond motifs is 1. The molecule has 242 valence electrons. The normalized spacial score (nSPS) is 13.3. The van der Waals surface area contributed by atoms with Crippen LogP contribution >= 0.6 is 23.2 Å². The van der Waals surface area contributed by atoms with Crippen LogP contribution in [0.5, 0.6) is 0 Å². The Bertz CT molecular complexity index is 1570. The molecule has 0 saturated carbocycles. The molecule has 0 atom stereocenters. The van der Waals surface area contributed by atoms with Crippen LogP contribution in [0.2, 0.25) is 10.0 Å². The number of amides is 2. The Balaban J connectivity index is 2.63. The van der Waals surface area contributed by atoms with Gasteiger partial charge in [0, 0.05) is 0 Å². The Labute approximate surface area is 251 Å². The van der Waals surface area contributed by atoms with E-state index >= 15 is 0 Å². The topological polar surface area (TPSA) is 99.4 Å². The number of nitrogens with zero attached hydrogens (tertiary/aromatic N) is 5. The number of alkyl halides is 9. The lowest BCUT2D eigenvalue weighted by Gasteiger charge is -2.29. The molecule has 3 aromatic rings. The molecule has 0 fully saturated rings. The number of carbonyl (C=O) groups excluding carboxylic acids is 2. The molecule has 44 heavy (non-hydrogen) atoms. The molecule has 0 aliphatic rings. The molecular weight excluding hydrogens is 664 g/mol. The van der Waals surface area contributed by atoms with Crippen molar-refractivity contribution in [1.82, 2.24) is 19.7 Å². The van der Waals surface area contributed by atoms with E-state index in [2.05, 4.69) is 15.1 Å². The molecule has 0 unspecified atom stereocenters. The van der Waals surface area contributed by atoms with Gasteiger partial charge in [-0.3, -0.25) is 0 Å². The molecule has 20 heteroatoms. The van der Waals surface area contributed by atoms with Gasteiger partial charge in [0.1, 0.15) is 16.9 Å². The summed E-state index contributed by atoms with van der Waals surface area (Å²) >= 11 is 12.1. The third-order valence-corrected chi connectivity index (χ3v) is 5.53. The first-order valence-corrected chi connectivity index (χ1v) is 12.7. The van der Waals surface area contributed by atoms with Gasteiger partial charge in [0.15, 0.2) is 17.2 Å². The number of hydrogen-bond acceptors (Lipinski definition) is 7. The van der Waals surface area contributed by atoms with E-state index in [4.69, 9.17) is 32.7 Å². The smallest absolute Gasteiger partial charge is 0.443 e. The third kappa shape index (κ3) is 7.57. The number of anilines is 1. The first kappa shape index (κ1) is 34.9. The molecule has 2 aromatic heterocycles. The first-order valence-electron chi connectivity index (χ1n) is 11.9. The van der Waals surface area contributed by atoms with E-state index in [1.165, 1.54) is 41.5 Å². The predicted octanol–water partition coefficient (Wildman–Crippen LogP) is 8.86. The van der Waals surface area contributed by atoms with E-state index in [-0.39, 0.29) is 21.7 Å². The van der Waals surface area contributed by atoms with Gasteiger partial charge in [0.05, 0.1) is 21.0 Å². The van der Waals surface area contributed by atoms with Crippen molar-refractivity contribution in [3.8, 4) is 5.69 Å². The number of hydrogen-bond donors (Lipinski definition) is 0. The van der Waals surface area contributed by atoms with Gasteiger partial charge in [-0.1, -0.05) is 23.2 Å². The summed E-state index contributed by atoms with van der Waals surface area (Å²) in [6.45, 7) is 7.82. The number of benzene rings is 1. The number of imide groups is 1. The SMILES string of the molecule is CC(C)(C)OC(=O)N(C(=O)OC(C)(C)C)c1c2c(C(F)(F)F)nc(C(F)(F)F)nc2nn1-c1c(Cl)cc(C(F)(F)F)cc1Cl. The summed E-state index contributed by atoms with van der Waals surface area (Å²) in [7, 11) is 0. The molecule has 9 nitrogen and oxygen atoms in total. The molecular formula is C24H20Cl2F9N5O4. The monoisotopic (exact) mass is 683 g/mol. The highest BCUT2D eigenvalue weighted by molar-refractivity contribution is 6.38. The van der Waals surface area contributed by atoms with E-state index in [0.29, 0.717) is 0 Å². The molecule has 3 rings (SSSR count). The van der Waals surface area contributed by atoms with Gasteiger partial charge in [-0.2, -0.15) is 44.4 Å². The van der Waals surface area contributed by atoms with Gasteiger partial charge in [0.2, 0.25) is 5.82 Å². The van der Waals surface area contributed by atoms with Crippen LogP contribution < -0.4 is 4.90 Å². The summed E-state index contributed by atoms with van der Waals surface area (Å²) < 4.78 is 134. The Hall–Kier alpha value is -3.54. The average Bonchev–Trinajstić information content (AvgIpc) is 3.12. The minimum absolute atomic E-state index is 0.146. The summed E-state index contributed by atoms with van der Waals surface area (Å²) in [5, 5.41) is 0.196. The zero-order valence-corrected chi connectivity index (χ0v) is 24.7. The van der Waals surface area contributed by atoms with Gasteiger partial charge in [0.25, 0.3) is 0 Å². The van der Waals surface area contributed by atoms with E-state index in [0.717, 1.165) is 0 Å². The average molecular weight is 684 g/mol. The summed E-state index contributed by atoms with van der Waals surface area (Å²) in [4.78, 5) is 32.3. The highest BCUT2D eigenvalue weighted by Crippen LogP contribution is 2.44. The number of ether oxygens (including phenoxy) is 2. The summed E-state index contributed by atoms with van der Waals surface area (Å²) in [6, 6.07) is 0.559. The van der Waals surface area contributed by atoms with Crippen molar-refractivity contribution < 1.29 is 58.6 Å². The van der Waals surface area contributed by atoms with Crippen LogP contribution in [-0.4, -0.2) is 43.1 Å². The molecule has 2 amide bonds. The summed E-state index contributed by atoms with van der Waals surface area (Å²) in [5.41, 5.74) is -8.91. The fourth-order valence-electron chi connectivity index (χ4n) is 3.46. The van der Waals surface area contributed by atoms with Crippen molar-refractivity contribution in [3.63, 3.8) is 0 Å². The van der Waals surface area contributed by atoms with Crippen molar-refractivity contribution in [2.75, 3.05) is 4.90 Å². The van der Waals surface area contributed by atoms with E-state index in [9.17, 15) is 49.1 Å². The maximum absolute atomic E-state index is 14.3. The van der Waals surface area contributed by atoms with Crippen LogP contribution in [0.25, 0.3) is 16.7 Å². The summed E-state index contributed by atoms with van der Waals surface area (Å²) in [5.74, 6) is -3.67. The highest BCUT2D eigenvalue weighted by atomic mass is 35.5. The van der Waals surface area contributed by atoms with Crippen LogP contribution in [0.15, 0.2) is 12.1 Å². The Kier molecular flexibility index (Phi) is 8.83. The van der Waals surface area contributed by atoms with Crippen LogP contribution in [-0.2, 0) is 28.0 Å². The molecule has 0 aliphatic carbocycles. The van der Waals surface area contributed by atoms with Gasteiger partial charge in [-0.25, -0.2) is 24.2 Å². The molecule has 0 bridgehead atoms. The fraction of sp³-hybridized carbons (Fsp3) is 0.458. The molecule has 0 spiro atoms. The van der Waals surface area contributed by atoms with Crippen LogP contribution in [0.3, 0.4) is 0 Å². The number of rotatable bonds is 2. The van der Waals surface area contributed by atoms with E-state index in [1.54, 1.807) is 0 Å². The summed E-state index contributed by atoms with van der Waals surface area (Å²) in [6.07, 6.45) is -19.8. The molecule has 0 saturated heterocycles. The number of aromatic nitrogens is 4. The third-order valence-electron chi connectivity index (χ3n) is 4.95. The lowest BCUT2D eigenvalue weighted by Crippen LogP contribution is -2.45. The Morgan fingerprint density at radius 2 is 1.20 bits per heavy atom. The second-order valence-corrected chi connectivity index (χ2v) is 11.7. The van der Waals surface area contributed by atoms with Crippen molar-refractivity contribution in [3.05, 3.63) is 39.3 Å². The van der Waals surface area contributed by atoms with Gasteiger partial charge >= 0.3 is 30.7 Å². The van der Waals surface area contributed by atoms with Gasteiger partial charge in [-0.05, 0) is 53.7 Å². The van der Waals surface area contributed by atoms with Crippen molar-refractivity contribution in [1.29, 1.82) is 0 Å². The minimum Gasteiger partial charge on any atom is -0.443 e. The second kappa shape index (κ2) is 11.1. The molecule has 0 radical (unpaired) electrons. The number of halogens is 11. The van der Waals surface area contributed by atoms with E-state index in [1.807, 2.05) is 0 Å². The van der Waals surface area contributed by atoms with Crippen molar-refractivity contribution in [2.45, 2.75) is 71.3 Å². The van der Waals surface area contributed by atoms with Gasteiger partial charge < -0.3 is 9.47 Å². The standard InChI is InChI=1S/C24H20Cl2F9N5O4/c1-20(2,3)43-18(41)39(19(42)44-21(4,5)6)16-12-14(23(30,31)32)36-17(24(33,34)35)37-15(12)38-40(16)13-10(25)7-9(8-11(13)26)22(27,28)29/h7-8H,1-6H3. The fourth-order valence-corrected chi connectivity index (χ4v) is 4.11. The largest absolute Gasteiger partial charge is 0.451 e. The Morgan fingerprint density at radius 3 is 1.57 bits per heavy atom. The van der Waals surface area contributed by atoms with Gasteiger partial charge in [-0.15, -0.1) is 5.10 Å².